The van der Waals surface area contributed by atoms with Crippen molar-refractivity contribution in [3.05, 3.63) is 72.8 Å². The van der Waals surface area contributed by atoms with Gasteiger partial charge in [0, 0.05) is 21.7 Å². The van der Waals surface area contributed by atoms with Gasteiger partial charge in [-0.25, -0.2) is 4.79 Å². The van der Waals surface area contributed by atoms with Crippen molar-refractivity contribution < 1.29 is 14.6 Å². The lowest BCUT2D eigenvalue weighted by molar-refractivity contribution is -0.129. The molecule has 3 aromatic carbocycles. The molecule has 0 atom stereocenters. The maximum absolute atomic E-state index is 11.8. The Morgan fingerprint density at radius 1 is 1.12 bits per heavy atom. The second-order valence-corrected chi connectivity index (χ2v) is 6.43. The normalized spacial score (nSPS) is 10.5. The number of phenols is 1. The van der Waals surface area contributed by atoms with Crippen LogP contribution in [-0.4, -0.2) is 11.1 Å². The van der Waals surface area contributed by atoms with Gasteiger partial charge in [-0.15, -0.1) is 0 Å². The first-order chi connectivity index (χ1) is 11.6. The molecule has 3 nitrogen and oxygen atoms in total. The van der Waals surface area contributed by atoms with E-state index in [4.69, 9.17) is 4.74 Å². The monoisotopic (exact) mass is 336 g/mol. The summed E-state index contributed by atoms with van der Waals surface area (Å²) in [6, 6.07) is 17.0. The smallest absolute Gasteiger partial charge is 0.335 e. The van der Waals surface area contributed by atoms with Crippen molar-refractivity contribution in [3.63, 3.8) is 0 Å². The summed E-state index contributed by atoms with van der Waals surface area (Å²) in [5, 5.41) is 11.7. The topological polar surface area (TPSA) is 46.5 Å². The molecule has 0 heterocycles. The molecule has 0 aliphatic rings. The van der Waals surface area contributed by atoms with Crippen LogP contribution in [0.5, 0.6) is 11.5 Å². The number of rotatable bonds is 4. The Morgan fingerprint density at radius 2 is 1.88 bits per heavy atom. The van der Waals surface area contributed by atoms with Gasteiger partial charge < -0.3 is 9.84 Å². The van der Waals surface area contributed by atoms with E-state index in [9.17, 15) is 9.90 Å². The molecule has 120 valence electrons. The Morgan fingerprint density at radius 3 is 2.58 bits per heavy atom. The maximum atomic E-state index is 11.8. The van der Waals surface area contributed by atoms with Gasteiger partial charge in [0.2, 0.25) is 0 Å². The van der Waals surface area contributed by atoms with Crippen LogP contribution in [0.25, 0.3) is 10.8 Å². The average Bonchev–Trinajstić information content (AvgIpc) is 2.59. The number of ether oxygens (including phenoxy) is 1. The van der Waals surface area contributed by atoms with Crippen molar-refractivity contribution in [3.8, 4) is 11.5 Å². The van der Waals surface area contributed by atoms with Crippen LogP contribution in [0.1, 0.15) is 5.56 Å². The zero-order valence-corrected chi connectivity index (χ0v) is 14.0. The Balaban J connectivity index is 2.19. The van der Waals surface area contributed by atoms with Crippen LogP contribution in [0.3, 0.4) is 0 Å². The first-order valence-electron chi connectivity index (χ1n) is 7.42. The Bertz CT molecular complexity index is 917. The van der Waals surface area contributed by atoms with Crippen LogP contribution in [0.4, 0.5) is 0 Å². The summed E-state index contributed by atoms with van der Waals surface area (Å²) < 4.78 is 5.49. The molecule has 24 heavy (non-hydrogen) atoms. The summed E-state index contributed by atoms with van der Waals surface area (Å²) in [5.41, 5.74) is 1.02. The molecule has 0 aliphatic heterocycles. The predicted octanol–water partition coefficient (Wildman–Crippen LogP) is 5.10. The number of carbonyl (C=O) groups excluding carboxylic acids is 1. The summed E-state index contributed by atoms with van der Waals surface area (Å²) in [6.45, 7) is 5.40. The molecule has 0 spiro atoms. The zero-order chi connectivity index (χ0) is 17.1. The molecule has 0 amide bonds. The van der Waals surface area contributed by atoms with E-state index in [1.807, 2.05) is 55.5 Å². The first kappa shape index (κ1) is 16.1. The molecule has 0 unspecified atom stereocenters. The second kappa shape index (κ2) is 6.81. The lowest BCUT2D eigenvalue weighted by Gasteiger charge is -2.14. The molecule has 3 aromatic rings. The van der Waals surface area contributed by atoms with Crippen molar-refractivity contribution in [2.45, 2.75) is 16.7 Å². The lowest BCUT2D eigenvalue weighted by atomic mass is 10.1. The summed E-state index contributed by atoms with van der Waals surface area (Å²) >= 11 is 1.43. The van der Waals surface area contributed by atoms with E-state index < -0.39 is 5.97 Å². The molecule has 0 aromatic heterocycles. The molecule has 1 N–H and O–H groups in total. The van der Waals surface area contributed by atoms with Gasteiger partial charge in [0.15, 0.2) is 5.75 Å². The fourth-order valence-corrected chi connectivity index (χ4v) is 3.37. The molecule has 0 aliphatic carbocycles. The second-order valence-electron chi connectivity index (χ2n) is 5.31. The Kier molecular flexibility index (Phi) is 4.58. The molecule has 0 saturated heterocycles. The Hall–Kier alpha value is -2.72. The Labute approximate surface area is 144 Å². The third-order valence-electron chi connectivity index (χ3n) is 3.53. The minimum Gasteiger partial charge on any atom is -0.507 e. The number of phenolic OH excluding ortho intramolecular Hbond substituents is 1. The number of hydrogen-bond donors (Lipinski definition) is 1. The van der Waals surface area contributed by atoms with Crippen LogP contribution in [0.2, 0.25) is 0 Å². The summed E-state index contributed by atoms with van der Waals surface area (Å²) in [5.74, 6) is 0.0598. The molecule has 0 fully saturated rings. The van der Waals surface area contributed by atoms with Gasteiger partial charge >= 0.3 is 5.97 Å². The van der Waals surface area contributed by atoms with Gasteiger partial charge in [0.05, 0.1) is 4.90 Å². The molecular formula is C20H16O3S. The van der Waals surface area contributed by atoms with E-state index in [0.29, 0.717) is 21.4 Å². The van der Waals surface area contributed by atoms with Crippen molar-refractivity contribution in [1.29, 1.82) is 0 Å². The number of aryl methyl sites for hydroxylation is 1. The van der Waals surface area contributed by atoms with E-state index in [1.54, 1.807) is 6.07 Å². The fraction of sp³-hybridized carbons (Fsp3) is 0.0500. The van der Waals surface area contributed by atoms with E-state index in [2.05, 4.69) is 6.58 Å². The zero-order valence-electron chi connectivity index (χ0n) is 13.2. The fourth-order valence-electron chi connectivity index (χ4n) is 2.41. The standard InChI is InChI=1S/C20H16O3S/c1-3-19(22)23-20-15-10-9-13(2)11-16(15)17(21)12-18(20)24-14-7-5-4-6-8-14/h3-12,21H,1H2,2H3. The number of esters is 1. The highest BCUT2D eigenvalue weighted by molar-refractivity contribution is 7.99. The van der Waals surface area contributed by atoms with E-state index in [1.165, 1.54) is 11.8 Å². The highest BCUT2D eigenvalue weighted by Gasteiger charge is 2.16. The van der Waals surface area contributed by atoms with Crippen LogP contribution < -0.4 is 4.74 Å². The maximum Gasteiger partial charge on any atom is 0.335 e. The SMILES string of the molecule is C=CC(=O)Oc1c(Sc2ccccc2)cc(O)c2cc(C)ccc12. The average molecular weight is 336 g/mol. The minimum atomic E-state index is -0.530. The molecular weight excluding hydrogens is 320 g/mol. The number of aromatic hydroxyl groups is 1. The van der Waals surface area contributed by atoms with Gasteiger partial charge in [-0.2, -0.15) is 0 Å². The van der Waals surface area contributed by atoms with Crippen LogP contribution in [0, 0.1) is 6.92 Å². The number of hydrogen-bond acceptors (Lipinski definition) is 4. The van der Waals surface area contributed by atoms with Gasteiger partial charge in [-0.3, -0.25) is 0 Å². The lowest BCUT2D eigenvalue weighted by Crippen LogP contribution is -2.04. The number of benzene rings is 3. The highest BCUT2D eigenvalue weighted by atomic mass is 32.2. The quantitative estimate of drug-likeness (QED) is 0.409. The van der Waals surface area contributed by atoms with Crippen LogP contribution in [0.15, 0.2) is 77.0 Å². The van der Waals surface area contributed by atoms with Crippen molar-refractivity contribution >= 4 is 28.5 Å². The van der Waals surface area contributed by atoms with E-state index in [0.717, 1.165) is 16.5 Å². The first-order valence-corrected chi connectivity index (χ1v) is 8.23. The van der Waals surface area contributed by atoms with Crippen molar-refractivity contribution in [2.24, 2.45) is 0 Å². The molecule has 3 rings (SSSR count). The van der Waals surface area contributed by atoms with Gasteiger partial charge in [0.1, 0.15) is 5.75 Å². The van der Waals surface area contributed by atoms with E-state index >= 15 is 0 Å². The highest BCUT2D eigenvalue weighted by Crippen LogP contribution is 2.44. The summed E-state index contributed by atoms with van der Waals surface area (Å²) in [6.07, 6.45) is 1.13. The summed E-state index contributed by atoms with van der Waals surface area (Å²) in [4.78, 5) is 13.4. The van der Waals surface area contributed by atoms with Gasteiger partial charge in [-0.05, 0) is 31.2 Å². The van der Waals surface area contributed by atoms with Gasteiger partial charge in [0.25, 0.3) is 0 Å². The largest absolute Gasteiger partial charge is 0.507 e. The molecule has 4 heteroatoms. The third-order valence-corrected chi connectivity index (χ3v) is 4.56. The summed E-state index contributed by atoms with van der Waals surface area (Å²) in [7, 11) is 0. The van der Waals surface area contributed by atoms with Crippen LogP contribution in [-0.2, 0) is 4.79 Å². The van der Waals surface area contributed by atoms with Gasteiger partial charge in [-0.1, -0.05) is 54.2 Å². The number of carbonyl (C=O) groups is 1. The third kappa shape index (κ3) is 3.29. The van der Waals surface area contributed by atoms with E-state index in [-0.39, 0.29) is 5.75 Å². The molecule has 0 saturated carbocycles. The molecule has 0 radical (unpaired) electrons. The van der Waals surface area contributed by atoms with Crippen LogP contribution >= 0.6 is 11.8 Å². The minimum absolute atomic E-state index is 0.158. The number of fused-ring (bicyclic) bond motifs is 1. The van der Waals surface area contributed by atoms with Crippen molar-refractivity contribution in [2.75, 3.05) is 0 Å². The predicted molar refractivity (Wildman–Crippen MR) is 96.7 cm³/mol. The van der Waals surface area contributed by atoms with Crippen molar-refractivity contribution in [1.82, 2.24) is 0 Å². The molecule has 0 bridgehead atoms.